The van der Waals surface area contributed by atoms with Crippen LogP contribution in [0.2, 0.25) is 5.28 Å². The van der Waals surface area contributed by atoms with E-state index in [2.05, 4.69) is 15.0 Å². The lowest BCUT2D eigenvalue weighted by Crippen LogP contribution is -2.09. The van der Waals surface area contributed by atoms with Crippen molar-refractivity contribution in [3.63, 3.8) is 0 Å². The van der Waals surface area contributed by atoms with Crippen LogP contribution in [-0.4, -0.2) is 28.2 Å². The molecule has 0 N–H and O–H groups in total. The summed E-state index contributed by atoms with van der Waals surface area (Å²) in [7, 11) is 1.63. The van der Waals surface area contributed by atoms with Crippen molar-refractivity contribution in [2.24, 2.45) is 0 Å². The molecule has 0 fully saturated rings. The van der Waals surface area contributed by atoms with Crippen LogP contribution in [0.1, 0.15) is 19.4 Å². The van der Waals surface area contributed by atoms with Crippen LogP contribution in [-0.2, 0) is 0 Å². The van der Waals surface area contributed by atoms with E-state index in [1.807, 2.05) is 39.0 Å². The average molecular weight is 294 g/mol. The molecule has 2 rings (SSSR count). The summed E-state index contributed by atoms with van der Waals surface area (Å²) >= 11 is 5.93. The molecule has 0 amide bonds. The van der Waals surface area contributed by atoms with Gasteiger partial charge in [-0.1, -0.05) is 0 Å². The van der Waals surface area contributed by atoms with Crippen LogP contribution >= 0.6 is 11.6 Å². The van der Waals surface area contributed by atoms with Crippen molar-refractivity contribution in [1.29, 1.82) is 0 Å². The van der Waals surface area contributed by atoms with Crippen molar-refractivity contribution in [3.05, 3.63) is 29.0 Å². The molecule has 5 nitrogen and oxygen atoms in total. The highest BCUT2D eigenvalue weighted by Crippen LogP contribution is 2.26. The molecule has 0 saturated carbocycles. The molecule has 0 bridgehead atoms. The van der Waals surface area contributed by atoms with E-state index in [0.29, 0.717) is 5.82 Å². The first-order valence-corrected chi connectivity index (χ1v) is 6.60. The molecule has 106 valence electrons. The van der Waals surface area contributed by atoms with Crippen LogP contribution in [0.25, 0.3) is 11.4 Å². The van der Waals surface area contributed by atoms with Crippen molar-refractivity contribution >= 4 is 11.6 Å². The highest BCUT2D eigenvalue weighted by atomic mass is 35.5. The predicted molar refractivity (Wildman–Crippen MR) is 77.3 cm³/mol. The number of benzene rings is 1. The second-order valence-electron chi connectivity index (χ2n) is 4.56. The number of nitrogens with zero attached hydrogens (tertiary/aromatic N) is 3. The Kier molecular flexibility index (Phi) is 4.39. The SMILES string of the molecule is COc1ccc(-c2nc(Cl)nc(OC(C)C)n2)c(C)c1. The van der Waals surface area contributed by atoms with Gasteiger partial charge in [-0.2, -0.15) is 15.0 Å². The molecule has 0 unspecified atom stereocenters. The van der Waals surface area contributed by atoms with Crippen molar-refractivity contribution < 1.29 is 9.47 Å². The summed E-state index contributed by atoms with van der Waals surface area (Å²) in [4.78, 5) is 12.4. The Morgan fingerprint density at radius 2 is 1.90 bits per heavy atom. The van der Waals surface area contributed by atoms with E-state index >= 15 is 0 Å². The van der Waals surface area contributed by atoms with E-state index in [4.69, 9.17) is 21.1 Å². The molecule has 0 aliphatic carbocycles. The number of hydrogen-bond donors (Lipinski definition) is 0. The zero-order valence-electron chi connectivity index (χ0n) is 11.8. The zero-order valence-corrected chi connectivity index (χ0v) is 12.6. The molecule has 0 saturated heterocycles. The first-order valence-electron chi connectivity index (χ1n) is 6.23. The summed E-state index contributed by atoms with van der Waals surface area (Å²) in [5.74, 6) is 1.27. The maximum Gasteiger partial charge on any atom is 0.321 e. The summed E-state index contributed by atoms with van der Waals surface area (Å²) in [6, 6.07) is 5.88. The predicted octanol–water partition coefficient (Wildman–Crippen LogP) is 3.30. The summed E-state index contributed by atoms with van der Waals surface area (Å²) < 4.78 is 10.7. The fourth-order valence-electron chi connectivity index (χ4n) is 1.73. The minimum absolute atomic E-state index is 0.0294. The number of halogens is 1. The van der Waals surface area contributed by atoms with Crippen LogP contribution in [0.15, 0.2) is 18.2 Å². The second-order valence-corrected chi connectivity index (χ2v) is 4.90. The monoisotopic (exact) mass is 293 g/mol. The molecule has 1 aromatic carbocycles. The van der Waals surface area contributed by atoms with Gasteiger partial charge in [0.1, 0.15) is 5.75 Å². The molecule has 2 aromatic rings. The molecular formula is C14H16ClN3O2. The minimum atomic E-state index is -0.0294. The number of aromatic nitrogens is 3. The molecule has 0 radical (unpaired) electrons. The summed E-state index contributed by atoms with van der Waals surface area (Å²) in [5.41, 5.74) is 1.85. The maximum atomic E-state index is 5.93. The first-order chi connectivity index (χ1) is 9.49. The van der Waals surface area contributed by atoms with Gasteiger partial charge in [0.2, 0.25) is 5.28 Å². The third-order valence-corrected chi connectivity index (χ3v) is 2.77. The fraction of sp³-hybridized carbons (Fsp3) is 0.357. The molecule has 1 heterocycles. The third kappa shape index (κ3) is 3.36. The lowest BCUT2D eigenvalue weighted by molar-refractivity contribution is 0.222. The summed E-state index contributed by atoms with van der Waals surface area (Å²) in [6.07, 6.45) is -0.0294. The van der Waals surface area contributed by atoms with E-state index in [9.17, 15) is 0 Å². The molecule has 6 heteroatoms. The maximum absolute atomic E-state index is 5.93. The lowest BCUT2D eigenvalue weighted by atomic mass is 10.1. The highest BCUT2D eigenvalue weighted by Gasteiger charge is 2.12. The highest BCUT2D eigenvalue weighted by molar-refractivity contribution is 6.28. The number of ether oxygens (including phenoxy) is 2. The van der Waals surface area contributed by atoms with Crippen molar-refractivity contribution in [2.75, 3.05) is 7.11 Å². The number of rotatable bonds is 4. The van der Waals surface area contributed by atoms with Crippen LogP contribution in [0.3, 0.4) is 0 Å². The first kappa shape index (κ1) is 14.5. The molecule has 1 aromatic heterocycles. The van der Waals surface area contributed by atoms with E-state index in [1.165, 1.54) is 0 Å². The quantitative estimate of drug-likeness (QED) is 0.865. The van der Waals surface area contributed by atoms with Gasteiger partial charge < -0.3 is 9.47 Å². The summed E-state index contributed by atoms with van der Waals surface area (Å²) in [5, 5.41) is 0.112. The van der Waals surface area contributed by atoms with Crippen molar-refractivity contribution in [2.45, 2.75) is 26.9 Å². The Morgan fingerprint density at radius 3 is 2.50 bits per heavy atom. The van der Waals surface area contributed by atoms with Gasteiger partial charge in [0.15, 0.2) is 5.82 Å². The Balaban J connectivity index is 2.44. The van der Waals surface area contributed by atoms with Gasteiger partial charge in [0.25, 0.3) is 0 Å². The minimum Gasteiger partial charge on any atom is -0.497 e. The van der Waals surface area contributed by atoms with Gasteiger partial charge in [0, 0.05) is 5.56 Å². The van der Waals surface area contributed by atoms with Crippen molar-refractivity contribution in [3.8, 4) is 23.1 Å². The molecular weight excluding hydrogens is 278 g/mol. The zero-order chi connectivity index (χ0) is 14.7. The average Bonchev–Trinajstić information content (AvgIpc) is 2.36. The Morgan fingerprint density at radius 1 is 1.15 bits per heavy atom. The van der Waals surface area contributed by atoms with E-state index < -0.39 is 0 Å². The van der Waals surface area contributed by atoms with E-state index in [1.54, 1.807) is 7.11 Å². The van der Waals surface area contributed by atoms with Gasteiger partial charge >= 0.3 is 6.01 Å². The van der Waals surface area contributed by atoms with Gasteiger partial charge in [-0.3, -0.25) is 0 Å². The smallest absolute Gasteiger partial charge is 0.321 e. The fourth-order valence-corrected chi connectivity index (χ4v) is 1.88. The topological polar surface area (TPSA) is 57.1 Å². The molecule has 0 aliphatic heterocycles. The third-order valence-electron chi connectivity index (χ3n) is 2.60. The van der Waals surface area contributed by atoms with E-state index in [0.717, 1.165) is 16.9 Å². The Hall–Kier alpha value is -1.88. The standard InChI is InChI=1S/C14H16ClN3O2/c1-8(2)20-14-17-12(16-13(15)18-14)11-6-5-10(19-4)7-9(11)3/h5-8H,1-4H3. The van der Waals surface area contributed by atoms with E-state index in [-0.39, 0.29) is 17.4 Å². The lowest BCUT2D eigenvalue weighted by Gasteiger charge is -2.10. The second kappa shape index (κ2) is 6.05. The van der Waals surface area contributed by atoms with Gasteiger partial charge in [-0.05, 0) is 56.1 Å². The van der Waals surface area contributed by atoms with Crippen LogP contribution in [0.5, 0.6) is 11.8 Å². The van der Waals surface area contributed by atoms with Crippen LogP contribution < -0.4 is 9.47 Å². The Bertz CT molecular complexity index is 617. The summed E-state index contributed by atoms with van der Waals surface area (Å²) in [6.45, 7) is 5.75. The largest absolute Gasteiger partial charge is 0.497 e. The normalized spacial score (nSPS) is 10.7. The molecule has 20 heavy (non-hydrogen) atoms. The number of methoxy groups -OCH3 is 1. The van der Waals surface area contributed by atoms with Gasteiger partial charge in [0.05, 0.1) is 13.2 Å². The number of aryl methyl sites for hydroxylation is 1. The molecule has 0 atom stereocenters. The van der Waals surface area contributed by atoms with Crippen LogP contribution in [0.4, 0.5) is 0 Å². The van der Waals surface area contributed by atoms with Crippen molar-refractivity contribution in [1.82, 2.24) is 15.0 Å². The Labute approximate surface area is 123 Å². The van der Waals surface area contributed by atoms with Gasteiger partial charge in [-0.25, -0.2) is 0 Å². The molecule has 0 spiro atoms. The number of hydrogen-bond acceptors (Lipinski definition) is 5. The molecule has 0 aliphatic rings. The van der Waals surface area contributed by atoms with Gasteiger partial charge in [-0.15, -0.1) is 0 Å². The van der Waals surface area contributed by atoms with Crippen LogP contribution in [0, 0.1) is 6.92 Å².